The molecule has 1 aromatic heterocycles. The van der Waals surface area contributed by atoms with Crippen LogP contribution in [0.15, 0.2) is 12.3 Å². The third-order valence-corrected chi connectivity index (χ3v) is 6.79. The van der Waals surface area contributed by atoms with Gasteiger partial charge in [0.25, 0.3) is 0 Å². The van der Waals surface area contributed by atoms with E-state index in [1.165, 1.54) is 0 Å². The van der Waals surface area contributed by atoms with Gasteiger partial charge in [0.15, 0.2) is 0 Å². The van der Waals surface area contributed by atoms with E-state index in [1.807, 2.05) is 0 Å². The second kappa shape index (κ2) is 8.22. The highest BCUT2D eigenvalue weighted by Gasteiger charge is 2.48. The van der Waals surface area contributed by atoms with Crippen LogP contribution in [0.3, 0.4) is 0 Å². The van der Waals surface area contributed by atoms with Gasteiger partial charge in [-0.15, -0.1) is 0 Å². The maximum atomic E-state index is 12.9. The van der Waals surface area contributed by atoms with E-state index in [9.17, 15) is 19.5 Å². The van der Waals surface area contributed by atoms with Crippen LogP contribution in [-0.2, 0) is 19.7 Å². The Morgan fingerprint density at radius 1 is 1.27 bits per heavy atom. The summed E-state index contributed by atoms with van der Waals surface area (Å²) in [6, 6.07) is 0.817. The zero-order chi connectivity index (χ0) is 21.3. The van der Waals surface area contributed by atoms with Crippen LogP contribution in [0.2, 0.25) is 0 Å². The lowest BCUT2D eigenvalue weighted by Gasteiger charge is -2.32. The SMILES string of the molecule is CC1CCC(C(NC(=O)O)C(=O)Nc2cc3c(cn2)C2(CCOCC2)C(=O)N3)CC1. The van der Waals surface area contributed by atoms with Gasteiger partial charge in [0.2, 0.25) is 11.8 Å². The first kappa shape index (κ1) is 20.6. The summed E-state index contributed by atoms with van der Waals surface area (Å²) in [5.74, 6) is 0.359. The van der Waals surface area contributed by atoms with Gasteiger partial charge in [-0.25, -0.2) is 9.78 Å². The number of anilines is 2. The van der Waals surface area contributed by atoms with E-state index >= 15 is 0 Å². The Morgan fingerprint density at radius 3 is 2.63 bits per heavy atom. The fourth-order valence-corrected chi connectivity index (χ4v) is 4.94. The third kappa shape index (κ3) is 3.86. The number of hydrogen-bond donors (Lipinski definition) is 4. The van der Waals surface area contributed by atoms with E-state index < -0.39 is 23.5 Å². The van der Waals surface area contributed by atoms with Crippen molar-refractivity contribution in [1.82, 2.24) is 10.3 Å². The van der Waals surface area contributed by atoms with Gasteiger partial charge in [-0.05, 0) is 37.5 Å². The van der Waals surface area contributed by atoms with E-state index in [0.29, 0.717) is 43.5 Å². The summed E-state index contributed by atoms with van der Waals surface area (Å²) in [4.78, 5) is 41.2. The number of carbonyl (C=O) groups excluding carboxylic acids is 2. The van der Waals surface area contributed by atoms with Gasteiger partial charge in [-0.1, -0.05) is 19.8 Å². The van der Waals surface area contributed by atoms with Gasteiger partial charge < -0.3 is 25.8 Å². The predicted molar refractivity (Wildman–Crippen MR) is 109 cm³/mol. The first-order valence-electron chi connectivity index (χ1n) is 10.6. The van der Waals surface area contributed by atoms with Gasteiger partial charge in [0, 0.05) is 31.0 Å². The molecule has 3 amide bonds. The van der Waals surface area contributed by atoms with Crippen LogP contribution in [0.4, 0.5) is 16.3 Å². The number of nitrogens with one attached hydrogen (secondary N) is 3. The molecule has 9 heteroatoms. The van der Waals surface area contributed by atoms with E-state index in [1.54, 1.807) is 12.3 Å². The number of carbonyl (C=O) groups is 3. The van der Waals surface area contributed by atoms with Crippen LogP contribution in [0.5, 0.6) is 0 Å². The van der Waals surface area contributed by atoms with Crippen molar-refractivity contribution in [1.29, 1.82) is 0 Å². The van der Waals surface area contributed by atoms with Crippen molar-refractivity contribution in [2.45, 2.75) is 56.9 Å². The van der Waals surface area contributed by atoms with Gasteiger partial charge >= 0.3 is 6.09 Å². The topological polar surface area (TPSA) is 130 Å². The fourth-order valence-electron chi connectivity index (χ4n) is 4.94. The lowest BCUT2D eigenvalue weighted by molar-refractivity contribution is -0.124. The highest BCUT2D eigenvalue weighted by atomic mass is 16.5. The van der Waals surface area contributed by atoms with Crippen LogP contribution in [0.25, 0.3) is 0 Å². The molecule has 1 atom stereocenters. The van der Waals surface area contributed by atoms with E-state index in [4.69, 9.17) is 4.74 Å². The molecule has 3 aliphatic rings. The second-order valence-corrected chi connectivity index (χ2v) is 8.70. The molecule has 9 nitrogen and oxygen atoms in total. The summed E-state index contributed by atoms with van der Waals surface area (Å²) < 4.78 is 5.41. The van der Waals surface area contributed by atoms with Crippen molar-refractivity contribution in [3.8, 4) is 0 Å². The summed E-state index contributed by atoms with van der Waals surface area (Å²) in [6.07, 6.45) is 5.18. The molecule has 0 aromatic carbocycles. The molecule has 4 rings (SSSR count). The van der Waals surface area contributed by atoms with Crippen LogP contribution >= 0.6 is 0 Å². The van der Waals surface area contributed by atoms with Crippen LogP contribution in [0, 0.1) is 11.8 Å². The maximum absolute atomic E-state index is 12.9. The maximum Gasteiger partial charge on any atom is 0.405 e. The predicted octanol–water partition coefficient (Wildman–Crippen LogP) is 2.48. The van der Waals surface area contributed by atoms with E-state index in [2.05, 4.69) is 27.9 Å². The first-order valence-corrected chi connectivity index (χ1v) is 10.6. The largest absolute Gasteiger partial charge is 0.465 e. The second-order valence-electron chi connectivity index (χ2n) is 8.70. The smallest absolute Gasteiger partial charge is 0.405 e. The van der Waals surface area contributed by atoms with Gasteiger partial charge in [0.05, 0.1) is 11.1 Å². The molecule has 2 fully saturated rings. The molecule has 4 N–H and O–H groups in total. The monoisotopic (exact) mass is 416 g/mol. The summed E-state index contributed by atoms with van der Waals surface area (Å²) in [5, 5.41) is 17.2. The molecule has 1 saturated carbocycles. The van der Waals surface area contributed by atoms with Crippen molar-refractivity contribution < 1.29 is 24.2 Å². The molecule has 1 saturated heterocycles. The van der Waals surface area contributed by atoms with Crippen molar-refractivity contribution in [3.63, 3.8) is 0 Å². The highest BCUT2D eigenvalue weighted by Crippen LogP contribution is 2.44. The highest BCUT2D eigenvalue weighted by molar-refractivity contribution is 6.07. The molecule has 1 spiro atoms. The number of hydrogen-bond acceptors (Lipinski definition) is 5. The minimum Gasteiger partial charge on any atom is -0.465 e. The standard InChI is InChI=1S/C21H28N4O5/c1-12-2-4-13(5-3-12)17(25-20(28)29)18(26)24-16-10-15-14(11-22-16)21(19(27)23-15)6-8-30-9-7-21/h10-13,17,25H,2-9H2,1H3,(H,23,27)(H,28,29)(H,22,24,26). The molecule has 2 aliphatic heterocycles. The van der Waals surface area contributed by atoms with Crippen molar-refractivity contribution in [2.24, 2.45) is 11.8 Å². The Bertz CT molecular complexity index is 844. The molecule has 0 bridgehead atoms. The molecule has 1 unspecified atom stereocenters. The Balaban J connectivity index is 1.50. The summed E-state index contributed by atoms with van der Waals surface area (Å²) in [6.45, 7) is 3.21. The normalized spacial score (nSPS) is 25.8. The Hall–Kier alpha value is -2.68. The van der Waals surface area contributed by atoms with Gasteiger partial charge in [-0.3, -0.25) is 9.59 Å². The Kier molecular flexibility index (Phi) is 5.64. The number of fused-ring (bicyclic) bond motifs is 2. The lowest BCUT2D eigenvalue weighted by Crippen LogP contribution is -2.49. The van der Waals surface area contributed by atoms with Gasteiger partial charge in [-0.2, -0.15) is 0 Å². The lowest BCUT2D eigenvalue weighted by atomic mass is 9.76. The van der Waals surface area contributed by atoms with Gasteiger partial charge in [0.1, 0.15) is 11.9 Å². The van der Waals surface area contributed by atoms with Crippen molar-refractivity contribution in [2.75, 3.05) is 23.8 Å². The molecular formula is C21H28N4O5. The average molecular weight is 416 g/mol. The number of carboxylic acid groups (broad SMARTS) is 1. The number of rotatable bonds is 4. The fraction of sp³-hybridized carbons (Fsp3) is 0.619. The Morgan fingerprint density at radius 2 is 1.97 bits per heavy atom. The summed E-state index contributed by atoms with van der Waals surface area (Å²) in [5.41, 5.74) is 0.853. The summed E-state index contributed by atoms with van der Waals surface area (Å²) in [7, 11) is 0. The molecular weight excluding hydrogens is 388 g/mol. The van der Waals surface area contributed by atoms with E-state index in [0.717, 1.165) is 31.2 Å². The average Bonchev–Trinajstić information content (AvgIpc) is 2.98. The number of ether oxygens (including phenoxy) is 1. The summed E-state index contributed by atoms with van der Waals surface area (Å²) >= 11 is 0. The van der Waals surface area contributed by atoms with Crippen molar-refractivity contribution in [3.05, 3.63) is 17.8 Å². The van der Waals surface area contributed by atoms with E-state index in [-0.39, 0.29) is 11.8 Å². The number of nitrogens with zero attached hydrogens (tertiary/aromatic N) is 1. The number of amides is 3. The van der Waals surface area contributed by atoms with Crippen LogP contribution in [-0.4, -0.2) is 47.3 Å². The Labute approximate surface area is 175 Å². The van der Waals surface area contributed by atoms with Crippen molar-refractivity contribution >= 4 is 29.4 Å². The third-order valence-electron chi connectivity index (χ3n) is 6.79. The van der Waals surface area contributed by atoms with Crippen LogP contribution < -0.4 is 16.0 Å². The minimum absolute atomic E-state index is 0.0445. The molecule has 1 aliphatic carbocycles. The first-order chi connectivity index (χ1) is 14.4. The molecule has 30 heavy (non-hydrogen) atoms. The zero-order valence-electron chi connectivity index (χ0n) is 17.1. The number of pyridine rings is 1. The number of aromatic nitrogens is 1. The zero-order valence-corrected chi connectivity index (χ0v) is 17.1. The molecule has 162 valence electrons. The quantitative estimate of drug-likeness (QED) is 0.597. The molecule has 1 aromatic rings. The minimum atomic E-state index is -1.22. The molecule has 0 radical (unpaired) electrons. The van der Waals surface area contributed by atoms with Crippen LogP contribution in [0.1, 0.15) is 51.0 Å². The molecule has 3 heterocycles.